The summed E-state index contributed by atoms with van der Waals surface area (Å²) in [4.78, 5) is 0. The standard InChI is InChI=1S/C16H18ClNO2/c1-19-8-9-20-16-5-3-2-4-14(16)13-7-6-12(11-18)10-15(13)17/h2-7,10H,8-9,11,18H2,1H3. The predicted molar refractivity (Wildman–Crippen MR) is 82.2 cm³/mol. The third kappa shape index (κ3) is 3.51. The SMILES string of the molecule is COCCOc1ccccc1-c1ccc(CN)cc1Cl. The summed E-state index contributed by atoms with van der Waals surface area (Å²) in [7, 11) is 1.65. The molecule has 0 radical (unpaired) electrons. The molecule has 0 aliphatic rings. The first-order valence-corrected chi connectivity index (χ1v) is 6.83. The Morgan fingerprint density at radius 1 is 1.05 bits per heavy atom. The van der Waals surface area contributed by atoms with Gasteiger partial charge in [0.1, 0.15) is 12.4 Å². The van der Waals surface area contributed by atoms with Crippen molar-refractivity contribution in [3.63, 3.8) is 0 Å². The number of rotatable bonds is 6. The lowest BCUT2D eigenvalue weighted by atomic mass is 10.0. The first-order valence-electron chi connectivity index (χ1n) is 6.46. The first-order chi connectivity index (χ1) is 9.76. The predicted octanol–water partition coefficient (Wildman–Crippen LogP) is 3.49. The third-order valence-electron chi connectivity index (χ3n) is 2.99. The van der Waals surface area contributed by atoms with Crippen molar-refractivity contribution in [2.75, 3.05) is 20.3 Å². The molecule has 2 aromatic rings. The Morgan fingerprint density at radius 2 is 1.85 bits per heavy atom. The summed E-state index contributed by atoms with van der Waals surface area (Å²) in [5.41, 5.74) is 8.54. The summed E-state index contributed by atoms with van der Waals surface area (Å²) >= 11 is 6.34. The fourth-order valence-electron chi connectivity index (χ4n) is 1.95. The Bertz CT molecular complexity index is 572. The van der Waals surface area contributed by atoms with Gasteiger partial charge in [0, 0.05) is 29.8 Å². The van der Waals surface area contributed by atoms with Gasteiger partial charge >= 0.3 is 0 Å². The lowest BCUT2D eigenvalue weighted by Gasteiger charge is -2.13. The van der Waals surface area contributed by atoms with Gasteiger partial charge in [0.25, 0.3) is 0 Å². The molecule has 3 nitrogen and oxygen atoms in total. The van der Waals surface area contributed by atoms with E-state index in [-0.39, 0.29) is 0 Å². The number of halogens is 1. The van der Waals surface area contributed by atoms with Gasteiger partial charge < -0.3 is 15.2 Å². The van der Waals surface area contributed by atoms with Crippen LogP contribution in [0.25, 0.3) is 11.1 Å². The van der Waals surface area contributed by atoms with Gasteiger partial charge in [0.2, 0.25) is 0 Å². The Balaban J connectivity index is 2.32. The summed E-state index contributed by atoms with van der Waals surface area (Å²) < 4.78 is 10.7. The Morgan fingerprint density at radius 3 is 2.55 bits per heavy atom. The molecule has 0 fully saturated rings. The summed E-state index contributed by atoms with van der Waals surface area (Å²) in [6, 6.07) is 13.7. The molecule has 0 aliphatic heterocycles. The van der Waals surface area contributed by atoms with Crippen LogP contribution in [0.2, 0.25) is 5.02 Å². The van der Waals surface area contributed by atoms with Crippen molar-refractivity contribution >= 4 is 11.6 Å². The molecule has 0 bridgehead atoms. The van der Waals surface area contributed by atoms with Crippen molar-refractivity contribution in [2.45, 2.75) is 6.54 Å². The number of hydrogen-bond acceptors (Lipinski definition) is 3. The van der Waals surface area contributed by atoms with E-state index in [1.54, 1.807) is 7.11 Å². The molecule has 0 amide bonds. The first kappa shape index (κ1) is 14.9. The monoisotopic (exact) mass is 291 g/mol. The minimum Gasteiger partial charge on any atom is -0.491 e. The van der Waals surface area contributed by atoms with Gasteiger partial charge in [-0.15, -0.1) is 0 Å². The zero-order valence-electron chi connectivity index (χ0n) is 11.4. The van der Waals surface area contributed by atoms with Crippen LogP contribution in [-0.4, -0.2) is 20.3 Å². The average molecular weight is 292 g/mol. The number of hydrogen-bond donors (Lipinski definition) is 1. The molecule has 0 saturated heterocycles. The van der Waals surface area contributed by atoms with Crippen LogP contribution >= 0.6 is 11.6 Å². The molecular weight excluding hydrogens is 274 g/mol. The second kappa shape index (κ2) is 7.29. The molecule has 0 spiro atoms. The molecule has 20 heavy (non-hydrogen) atoms. The van der Waals surface area contributed by atoms with E-state index in [4.69, 9.17) is 26.8 Å². The molecule has 0 aromatic heterocycles. The molecular formula is C16H18ClNO2. The third-order valence-corrected chi connectivity index (χ3v) is 3.30. The highest BCUT2D eigenvalue weighted by atomic mass is 35.5. The van der Waals surface area contributed by atoms with E-state index in [1.807, 2.05) is 42.5 Å². The second-order valence-electron chi connectivity index (χ2n) is 4.36. The molecule has 0 saturated carbocycles. The maximum absolute atomic E-state index is 6.34. The molecule has 2 N–H and O–H groups in total. The summed E-state index contributed by atoms with van der Waals surface area (Å²) in [5.74, 6) is 0.798. The zero-order valence-corrected chi connectivity index (χ0v) is 12.2. The maximum atomic E-state index is 6.34. The van der Waals surface area contributed by atoms with Crippen molar-refractivity contribution in [2.24, 2.45) is 5.73 Å². The quantitative estimate of drug-likeness (QED) is 0.829. The number of nitrogens with two attached hydrogens (primary N) is 1. The van der Waals surface area contributed by atoms with Crippen molar-refractivity contribution in [1.82, 2.24) is 0 Å². The summed E-state index contributed by atoms with van der Waals surface area (Å²) in [5, 5.41) is 0.677. The van der Waals surface area contributed by atoms with Crippen LogP contribution < -0.4 is 10.5 Å². The highest BCUT2D eigenvalue weighted by Gasteiger charge is 2.09. The maximum Gasteiger partial charge on any atom is 0.127 e. The molecule has 4 heteroatoms. The van der Waals surface area contributed by atoms with Gasteiger partial charge in [0.15, 0.2) is 0 Å². The fourth-order valence-corrected chi connectivity index (χ4v) is 2.26. The van der Waals surface area contributed by atoms with Gasteiger partial charge in [-0.3, -0.25) is 0 Å². The van der Waals surface area contributed by atoms with Crippen LogP contribution in [0, 0.1) is 0 Å². The lowest BCUT2D eigenvalue weighted by Crippen LogP contribution is -2.05. The van der Waals surface area contributed by atoms with E-state index in [9.17, 15) is 0 Å². The largest absolute Gasteiger partial charge is 0.491 e. The number of para-hydroxylation sites is 1. The van der Waals surface area contributed by atoms with E-state index >= 15 is 0 Å². The number of methoxy groups -OCH3 is 1. The molecule has 0 unspecified atom stereocenters. The van der Waals surface area contributed by atoms with Crippen molar-refractivity contribution < 1.29 is 9.47 Å². The molecule has 0 aliphatic carbocycles. The minimum absolute atomic E-state index is 0.478. The zero-order chi connectivity index (χ0) is 14.4. The highest BCUT2D eigenvalue weighted by Crippen LogP contribution is 2.35. The number of ether oxygens (including phenoxy) is 2. The van der Waals surface area contributed by atoms with E-state index in [1.165, 1.54) is 0 Å². The summed E-state index contributed by atoms with van der Waals surface area (Å²) in [6.45, 7) is 1.53. The smallest absolute Gasteiger partial charge is 0.127 e. The van der Waals surface area contributed by atoms with E-state index in [0.29, 0.717) is 24.8 Å². The normalized spacial score (nSPS) is 10.6. The molecule has 0 heterocycles. The van der Waals surface area contributed by atoms with Gasteiger partial charge in [-0.05, 0) is 17.7 Å². The molecule has 106 valence electrons. The van der Waals surface area contributed by atoms with Crippen LogP contribution in [0.3, 0.4) is 0 Å². The van der Waals surface area contributed by atoms with E-state index in [2.05, 4.69) is 0 Å². The van der Waals surface area contributed by atoms with Crippen molar-refractivity contribution in [3.8, 4) is 16.9 Å². The second-order valence-corrected chi connectivity index (χ2v) is 4.76. The van der Waals surface area contributed by atoms with Crippen molar-refractivity contribution in [3.05, 3.63) is 53.1 Å². The topological polar surface area (TPSA) is 44.5 Å². The van der Waals surface area contributed by atoms with Gasteiger partial charge in [-0.1, -0.05) is 41.9 Å². The Hall–Kier alpha value is -1.55. The highest BCUT2D eigenvalue weighted by molar-refractivity contribution is 6.33. The van der Waals surface area contributed by atoms with Crippen LogP contribution in [0.1, 0.15) is 5.56 Å². The van der Waals surface area contributed by atoms with Crippen LogP contribution in [0.5, 0.6) is 5.75 Å². The number of benzene rings is 2. The van der Waals surface area contributed by atoms with E-state index < -0.39 is 0 Å². The van der Waals surface area contributed by atoms with E-state index in [0.717, 1.165) is 22.4 Å². The Labute approximate surface area is 124 Å². The fraction of sp³-hybridized carbons (Fsp3) is 0.250. The molecule has 2 rings (SSSR count). The van der Waals surface area contributed by atoms with Crippen molar-refractivity contribution in [1.29, 1.82) is 0 Å². The Kier molecular flexibility index (Phi) is 5.41. The average Bonchev–Trinajstić information content (AvgIpc) is 2.48. The minimum atomic E-state index is 0.478. The van der Waals surface area contributed by atoms with Gasteiger partial charge in [0.05, 0.1) is 6.61 Å². The van der Waals surface area contributed by atoms with Crippen LogP contribution in [-0.2, 0) is 11.3 Å². The summed E-state index contributed by atoms with van der Waals surface area (Å²) in [6.07, 6.45) is 0. The van der Waals surface area contributed by atoms with Crippen LogP contribution in [0.15, 0.2) is 42.5 Å². The molecule has 0 atom stereocenters. The van der Waals surface area contributed by atoms with Gasteiger partial charge in [-0.25, -0.2) is 0 Å². The van der Waals surface area contributed by atoms with Gasteiger partial charge in [-0.2, -0.15) is 0 Å². The molecule has 2 aromatic carbocycles. The lowest BCUT2D eigenvalue weighted by molar-refractivity contribution is 0.146. The van der Waals surface area contributed by atoms with Crippen LogP contribution in [0.4, 0.5) is 0 Å².